The van der Waals surface area contributed by atoms with E-state index in [0.29, 0.717) is 17.4 Å². The Morgan fingerprint density at radius 3 is 2.28 bits per heavy atom. The Bertz CT molecular complexity index is 2580. The first kappa shape index (κ1) is 38.2. The number of rotatable bonds is 10. The van der Waals surface area contributed by atoms with Gasteiger partial charge in [0.15, 0.2) is 5.82 Å². The van der Waals surface area contributed by atoms with Gasteiger partial charge in [-0.3, -0.25) is 14.0 Å². The van der Waals surface area contributed by atoms with Crippen LogP contribution >= 0.6 is 11.6 Å². The molecule has 0 fully saturated rings. The van der Waals surface area contributed by atoms with Crippen molar-refractivity contribution in [2.45, 2.75) is 45.2 Å². The summed E-state index contributed by atoms with van der Waals surface area (Å²) >= 11 is 6.82. The van der Waals surface area contributed by atoms with Crippen molar-refractivity contribution in [3.63, 3.8) is 0 Å². The average Bonchev–Trinajstić information content (AvgIpc) is 3.43. The highest BCUT2D eigenvalue weighted by Crippen LogP contribution is 2.38. The van der Waals surface area contributed by atoms with Gasteiger partial charge in [0, 0.05) is 19.5 Å². The number of benzene rings is 4. The molecule has 0 bridgehead atoms. The number of fused-ring (bicyclic) bond motifs is 2. The quantitative estimate of drug-likeness (QED) is 0.151. The van der Waals surface area contributed by atoms with Crippen molar-refractivity contribution in [2.24, 2.45) is 7.05 Å². The molecular formula is C38H37ClF2N6O6S. The molecule has 282 valence electrons. The second-order valence-corrected chi connectivity index (χ2v) is 16.2. The molecule has 4 aromatic carbocycles. The summed E-state index contributed by atoms with van der Waals surface area (Å²) in [7, 11) is -0.914. The van der Waals surface area contributed by atoms with E-state index in [1.807, 2.05) is 20.8 Å². The summed E-state index contributed by atoms with van der Waals surface area (Å²) in [4.78, 5) is 31.9. The Kier molecular flexibility index (Phi) is 10.2. The first-order valence-electron chi connectivity index (χ1n) is 16.6. The van der Waals surface area contributed by atoms with Crippen LogP contribution in [0.25, 0.3) is 27.5 Å². The fraction of sp³-hybridized carbons (Fsp3) is 0.263. The lowest BCUT2D eigenvalue weighted by Crippen LogP contribution is -2.35. The second-order valence-electron chi connectivity index (χ2n) is 13.9. The number of methoxy groups -OCH3 is 1. The maximum Gasteiger partial charge on any atom is 0.405 e. The van der Waals surface area contributed by atoms with Crippen LogP contribution in [0, 0.1) is 11.6 Å². The lowest BCUT2D eigenvalue weighted by Gasteiger charge is -2.24. The van der Waals surface area contributed by atoms with E-state index >= 15 is 0 Å². The molecule has 1 atom stereocenters. The van der Waals surface area contributed by atoms with Crippen LogP contribution in [0.5, 0.6) is 5.75 Å². The Morgan fingerprint density at radius 1 is 1.02 bits per heavy atom. The molecule has 0 spiro atoms. The topological polar surface area (TPSA) is 149 Å². The Morgan fingerprint density at radius 2 is 1.69 bits per heavy atom. The van der Waals surface area contributed by atoms with E-state index in [2.05, 4.69) is 10.4 Å². The van der Waals surface area contributed by atoms with E-state index in [4.69, 9.17) is 21.3 Å². The molecule has 0 aliphatic heterocycles. The molecular weight excluding hydrogens is 742 g/mol. The van der Waals surface area contributed by atoms with Gasteiger partial charge in [0.1, 0.15) is 23.2 Å². The van der Waals surface area contributed by atoms with Crippen LogP contribution in [0.2, 0.25) is 5.02 Å². The Balaban J connectivity index is 1.65. The number of ether oxygens (including phenoxy) is 1. The van der Waals surface area contributed by atoms with Gasteiger partial charge < -0.3 is 15.2 Å². The van der Waals surface area contributed by atoms with Crippen molar-refractivity contribution in [1.82, 2.24) is 24.6 Å². The van der Waals surface area contributed by atoms with Gasteiger partial charge in [-0.2, -0.15) is 5.10 Å². The van der Waals surface area contributed by atoms with Crippen molar-refractivity contribution in [1.29, 1.82) is 0 Å². The zero-order valence-electron chi connectivity index (χ0n) is 30.2. The third-order valence-corrected chi connectivity index (χ3v) is 10.4. The fourth-order valence-corrected chi connectivity index (χ4v) is 7.46. The van der Waals surface area contributed by atoms with E-state index in [1.165, 1.54) is 28.5 Å². The van der Waals surface area contributed by atoms with Crippen LogP contribution < -0.4 is 19.9 Å². The molecule has 0 aliphatic rings. The minimum atomic E-state index is -3.98. The lowest BCUT2D eigenvalue weighted by molar-refractivity contribution is 0.189. The van der Waals surface area contributed by atoms with E-state index < -0.39 is 39.4 Å². The molecule has 1 amide bonds. The zero-order valence-corrected chi connectivity index (χ0v) is 31.8. The lowest BCUT2D eigenvalue weighted by atomic mass is 9.86. The van der Waals surface area contributed by atoms with Gasteiger partial charge in [-0.25, -0.2) is 31.3 Å². The van der Waals surface area contributed by atoms with Crippen molar-refractivity contribution in [3.8, 4) is 11.4 Å². The largest absolute Gasteiger partial charge is 0.497 e. The number of hydrogen-bond acceptors (Lipinski definition) is 7. The number of aromatic nitrogens is 4. The molecule has 2 aromatic heterocycles. The minimum absolute atomic E-state index is 0.0220. The van der Waals surface area contributed by atoms with Crippen LogP contribution in [0.1, 0.15) is 49.3 Å². The smallest absolute Gasteiger partial charge is 0.405 e. The Hall–Kier alpha value is -5.54. The zero-order chi connectivity index (χ0) is 39.3. The summed E-state index contributed by atoms with van der Waals surface area (Å²) < 4.78 is 64.4. The number of nitrogens with one attached hydrogen (secondary N) is 1. The number of sulfonamides is 1. The minimum Gasteiger partial charge on any atom is -0.497 e. The van der Waals surface area contributed by atoms with E-state index in [1.54, 1.807) is 49.5 Å². The van der Waals surface area contributed by atoms with E-state index in [0.717, 1.165) is 28.3 Å². The van der Waals surface area contributed by atoms with Crippen LogP contribution in [0.15, 0.2) is 77.6 Å². The second kappa shape index (κ2) is 14.4. The van der Waals surface area contributed by atoms with Gasteiger partial charge >= 0.3 is 6.09 Å². The van der Waals surface area contributed by atoms with Crippen molar-refractivity contribution >= 4 is 55.3 Å². The third kappa shape index (κ3) is 7.59. The van der Waals surface area contributed by atoms with E-state index in [-0.39, 0.29) is 68.1 Å². The predicted octanol–water partition coefficient (Wildman–Crippen LogP) is 7.03. The first-order chi connectivity index (χ1) is 25.3. The van der Waals surface area contributed by atoms with Gasteiger partial charge in [-0.15, -0.1) is 0 Å². The molecule has 0 saturated carbocycles. The molecule has 0 aliphatic carbocycles. The fourth-order valence-electron chi connectivity index (χ4n) is 6.40. The summed E-state index contributed by atoms with van der Waals surface area (Å²) in [6.45, 7) is 5.84. The van der Waals surface area contributed by atoms with Crippen LogP contribution in [0.4, 0.5) is 19.4 Å². The molecule has 0 unspecified atom stereocenters. The van der Waals surface area contributed by atoms with Crippen LogP contribution in [0.3, 0.4) is 0 Å². The normalized spacial score (nSPS) is 12.6. The monoisotopic (exact) mass is 778 g/mol. The molecule has 54 heavy (non-hydrogen) atoms. The summed E-state index contributed by atoms with van der Waals surface area (Å²) in [5.41, 5.74) is 1.27. The number of anilines is 1. The number of aryl methyl sites for hydroxylation is 1. The van der Waals surface area contributed by atoms with E-state index in [9.17, 15) is 31.9 Å². The molecule has 0 radical (unpaired) electrons. The van der Waals surface area contributed by atoms with Crippen molar-refractivity contribution in [2.75, 3.05) is 17.7 Å². The molecule has 6 aromatic rings. The highest BCUT2D eigenvalue weighted by Gasteiger charge is 2.30. The molecule has 0 saturated heterocycles. The summed E-state index contributed by atoms with van der Waals surface area (Å²) in [6, 6.07) is 16.5. The number of nitrogens with zero attached hydrogens (tertiary/aromatic N) is 5. The molecule has 6 rings (SSSR count). The average molecular weight is 779 g/mol. The highest BCUT2D eigenvalue weighted by atomic mass is 35.5. The molecule has 16 heteroatoms. The van der Waals surface area contributed by atoms with Gasteiger partial charge in [0.05, 0.1) is 58.5 Å². The van der Waals surface area contributed by atoms with Crippen molar-refractivity contribution < 1.29 is 31.8 Å². The number of carboxylic acid groups (broad SMARTS) is 1. The number of halogens is 3. The van der Waals surface area contributed by atoms with Gasteiger partial charge in [0.2, 0.25) is 10.0 Å². The highest BCUT2D eigenvalue weighted by molar-refractivity contribution is 7.92. The summed E-state index contributed by atoms with van der Waals surface area (Å²) in [6.07, 6.45) is -0.740. The van der Waals surface area contributed by atoms with Crippen LogP contribution in [-0.2, 0) is 35.5 Å². The number of hydrogen-bond donors (Lipinski definition) is 2. The maximum absolute atomic E-state index is 14.7. The number of carbonyl (C=O) groups is 1. The summed E-state index contributed by atoms with van der Waals surface area (Å²) in [5, 5.41) is 17.5. The summed E-state index contributed by atoms with van der Waals surface area (Å²) in [5.74, 6) is -1.28. The SMILES string of the molecule is COc1ccc(CN(c2nn(C)c3c(-n4c([C@H](Cc5cc(F)cc(F)c5)NC(=O)O)nc5cc(C(C)(C)C)ccc5c4=O)ccc(Cl)c23)S(C)(=O)=O)cc1. The van der Waals surface area contributed by atoms with Crippen molar-refractivity contribution in [3.05, 3.63) is 122 Å². The third-order valence-electron chi connectivity index (χ3n) is 8.99. The van der Waals surface area contributed by atoms with Crippen LogP contribution in [-0.4, -0.2) is 52.3 Å². The molecule has 12 nitrogen and oxygen atoms in total. The van der Waals surface area contributed by atoms with Gasteiger partial charge in [0.25, 0.3) is 5.56 Å². The first-order valence-corrected chi connectivity index (χ1v) is 18.9. The number of amides is 1. The standard InChI is InChI=1S/C38H37ClF2N6O6S/c1-38(2,3)23-9-12-27-29(18-23)42-34(30(43-37(49)50)17-22-15-24(40)19-25(41)16-22)47(36(27)48)31-14-13-28(39)32-33(31)45(4)44-35(32)46(54(6,51)52)20-21-7-10-26(53-5)11-8-21/h7-16,18-19,30,43H,17,20H2,1-6H3,(H,49,50)/t30-/m0/s1. The maximum atomic E-state index is 14.7. The molecule has 2 N–H and O–H groups in total. The van der Waals surface area contributed by atoms with Gasteiger partial charge in [-0.1, -0.05) is 50.6 Å². The predicted molar refractivity (Wildman–Crippen MR) is 203 cm³/mol. The molecule has 2 heterocycles. The van der Waals surface area contributed by atoms with Gasteiger partial charge in [-0.05, 0) is 70.6 Å². The Labute approximate surface area is 314 Å².